The molecule has 0 radical (unpaired) electrons. The third-order valence-corrected chi connectivity index (χ3v) is 1.81. The molecule has 0 spiro atoms. The number of hydrogen-bond donors (Lipinski definition) is 0. The van der Waals surface area contributed by atoms with E-state index in [4.69, 9.17) is 0 Å². The van der Waals surface area contributed by atoms with Gasteiger partial charge in [-0.2, -0.15) is 0 Å². The van der Waals surface area contributed by atoms with E-state index < -0.39 is 0 Å². The molecule has 56 valence electrons. The Kier molecular flexibility index (Phi) is 2.25. The van der Waals surface area contributed by atoms with Crippen LogP contribution in [0.5, 0.6) is 0 Å². The van der Waals surface area contributed by atoms with Gasteiger partial charge in [0.2, 0.25) is 0 Å². The molecule has 0 aliphatic heterocycles. The average Bonchev–Trinajstić information content (AvgIpc) is 2.13. The summed E-state index contributed by atoms with van der Waals surface area (Å²) in [7, 11) is 0. The molecule has 10 heavy (non-hydrogen) atoms. The molecule has 0 aromatic carbocycles. The van der Waals surface area contributed by atoms with E-state index in [1.54, 1.807) is 0 Å². The van der Waals surface area contributed by atoms with Crippen molar-refractivity contribution in [3.05, 3.63) is 23.6 Å². The van der Waals surface area contributed by atoms with Crippen LogP contribution >= 0.6 is 0 Å². The molecule has 1 heteroatoms. The molecule has 0 bridgehead atoms. The van der Waals surface area contributed by atoms with Crippen molar-refractivity contribution < 1.29 is 4.39 Å². The van der Waals surface area contributed by atoms with Crippen molar-refractivity contribution >= 4 is 0 Å². The third-order valence-electron chi connectivity index (χ3n) is 1.81. The zero-order valence-electron chi connectivity index (χ0n) is 6.52. The molecule has 1 rings (SSSR count). The SMILES string of the molecule is C/C=C/C1=C(F)CC(C)C1. The van der Waals surface area contributed by atoms with Crippen LogP contribution in [0.4, 0.5) is 4.39 Å². The smallest absolute Gasteiger partial charge is 0.103 e. The Morgan fingerprint density at radius 1 is 1.50 bits per heavy atom. The zero-order valence-corrected chi connectivity index (χ0v) is 6.52. The van der Waals surface area contributed by atoms with Crippen LogP contribution in [-0.2, 0) is 0 Å². The summed E-state index contributed by atoms with van der Waals surface area (Å²) in [5.74, 6) is 0.594. The first-order valence-corrected chi connectivity index (χ1v) is 3.74. The Bertz CT molecular complexity index is 177. The Morgan fingerprint density at radius 3 is 2.60 bits per heavy atom. The highest BCUT2D eigenvalue weighted by Gasteiger charge is 2.18. The van der Waals surface area contributed by atoms with Gasteiger partial charge in [-0.05, 0) is 24.8 Å². The summed E-state index contributed by atoms with van der Waals surface area (Å²) < 4.78 is 12.9. The number of allylic oxidation sites excluding steroid dienone is 4. The molecule has 0 saturated heterocycles. The lowest BCUT2D eigenvalue weighted by Crippen LogP contribution is -1.83. The predicted octanol–water partition coefficient (Wildman–Crippen LogP) is 3.22. The van der Waals surface area contributed by atoms with Gasteiger partial charge < -0.3 is 0 Å². The average molecular weight is 140 g/mol. The van der Waals surface area contributed by atoms with Crippen LogP contribution in [0.25, 0.3) is 0 Å². The van der Waals surface area contributed by atoms with Crippen LogP contribution in [0.15, 0.2) is 23.6 Å². The van der Waals surface area contributed by atoms with Gasteiger partial charge in [-0.15, -0.1) is 0 Å². The van der Waals surface area contributed by atoms with Gasteiger partial charge in [-0.25, -0.2) is 4.39 Å². The fourth-order valence-electron chi connectivity index (χ4n) is 1.36. The molecule has 0 amide bonds. The maximum absolute atomic E-state index is 12.9. The predicted molar refractivity (Wildman–Crippen MR) is 41.3 cm³/mol. The quantitative estimate of drug-likeness (QED) is 0.524. The third kappa shape index (κ3) is 1.47. The highest BCUT2D eigenvalue weighted by molar-refractivity contribution is 5.26. The Morgan fingerprint density at radius 2 is 2.20 bits per heavy atom. The Hall–Kier alpha value is -0.590. The molecule has 0 saturated carbocycles. The van der Waals surface area contributed by atoms with Crippen LogP contribution in [-0.4, -0.2) is 0 Å². The van der Waals surface area contributed by atoms with E-state index in [0.717, 1.165) is 12.0 Å². The van der Waals surface area contributed by atoms with Gasteiger partial charge in [-0.1, -0.05) is 19.1 Å². The highest BCUT2D eigenvalue weighted by atomic mass is 19.1. The minimum atomic E-state index is 0.0885. The fraction of sp³-hybridized carbons (Fsp3) is 0.556. The van der Waals surface area contributed by atoms with E-state index in [1.807, 2.05) is 19.1 Å². The highest BCUT2D eigenvalue weighted by Crippen LogP contribution is 2.32. The molecule has 1 aliphatic rings. The first-order valence-electron chi connectivity index (χ1n) is 3.74. The van der Waals surface area contributed by atoms with Crippen molar-refractivity contribution in [1.29, 1.82) is 0 Å². The normalized spacial score (nSPS) is 26.9. The molecular weight excluding hydrogens is 127 g/mol. The molecule has 0 N–H and O–H groups in total. The summed E-state index contributed by atoms with van der Waals surface area (Å²) in [5, 5.41) is 0. The monoisotopic (exact) mass is 140 g/mol. The van der Waals surface area contributed by atoms with Gasteiger partial charge in [0.15, 0.2) is 0 Å². The maximum atomic E-state index is 12.9. The van der Waals surface area contributed by atoms with Gasteiger partial charge >= 0.3 is 0 Å². The van der Waals surface area contributed by atoms with Gasteiger partial charge in [0.25, 0.3) is 0 Å². The summed E-state index contributed by atoms with van der Waals surface area (Å²) in [6.45, 7) is 4.00. The Labute approximate surface area is 61.4 Å². The molecule has 0 aromatic heterocycles. The molecule has 0 heterocycles. The molecule has 1 atom stereocenters. The van der Waals surface area contributed by atoms with Crippen molar-refractivity contribution in [3.8, 4) is 0 Å². The van der Waals surface area contributed by atoms with Crippen molar-refractivity contribution in [1.82, 2.24) is 0 Å². The summed E-state index contributed by atoms with van der Waals surface area (Å²) in [4.78, 5) is 0. The van der Waals surface area contributed by atoms with Gasteiger partial charge in [0, 0.05) is 6.42 Å². The molecule has 0 fully saturated rings. The molecule has 0 aromatic rings. The van der Waals surface area contributed by atoms with Crippen LogP contribution < -0.4 is 0 Å². The van der Waals surface area contributed by atoms with Crippen LogP contribution in [0.3, 0.4) is 0 Å². The van der Waals surface area contributed by atoms with E-state index in [1.165, 1.54) is 0 Å². The molecule has 1 aliphatic carbocycles. The molecule has 0 nitrogen and oxygen atoms in total. The summed E-state index contributed by atoms with van der Waals surface area (Å²) in [6, 6.07) is 0. The van der Waals surface area contributed by atoms with Crippen LogP contribution in [0.2, 0.25) is 0 Å². The van der Waals surface area contributed by atoms with Gasteiger partial charge in [0.05, 0.1) is 0 Å². The standard InChI is InChI=1S/C9H13F/c1-3-4-8-5-7(2)6-9(8)10/h3-4,7H,5-6H2,1-2H3/b4-3+. The fourth-order valence-corrected chi connectivity index (χ4v) is 1.36. The minimum Gasteiger partial charge on any atom is -0.212 e. The second-order valence-electron chi connectivity index (χ2n) is 2.94. The topological polar surface area (TPSA) is 0 Å². The van der Waals surface area contributed by atoms with E-state index in [9.17, 15) is 4.39 Å². The lowest BCUT2D eigenvalue weighted by molar-refractivity contribution is 0.540. The number of hydrogen-bond acceptors (Lipinski definition) is 0. The molecule has 1 unspecified atom stereocenters. The number of rotatable bonds is 1. The molecular formula is C9H13F. The Balaban J connectivity index is 2.66. The summed E-state index contributed by atoms with van der Waals surface area (Å²) >= 11 is 0. The van der Waals surface area contributed by atoms with Crippen molar-refractivity contribution in [3.63, 3.8) is 0 Å². The second-order valence-corrected chi connectivity index (χ2v) is 2.94. The van der Waals surface area contributed by atoms with E-state index in [-0.39, 0.29) is 5.83 Å². The largest absolute Gasteiger partial charge is 0.212 e. The maximum Gasteiger partial charge on any atom is 0.103 e. The van der Waals surface area contributed by atoms with Crippen molar-refractivity contribution in [2.75, 3.05) is 0 Å². The van der Waals surface area contributed by atoms with E-state index in [2.05, 4.69) is 6.92 Å². The zero-order chi connectivity index (χ0) is 7.56. The summed E-state index contributed by atoms with van der Waals surface area (Å²) in [5.41, 5.74) is 0.898. The lowest BCUT2D eigenvalue weighted by atomic mass is 10.1. The van der Waals surface area contributed by atoms with E-state index in [0.29, 0.717) is 12.3 Å². The number of halogens is 1. The first kappa shape index (κ1) is 7.52. The van der Waals surface area contributed by atoms with Crippen molar-refractivity contribution in [2.45, 2.75) is 26.7 Å². The van der Waals surface area contributed by atoms with E-state index >= 15 is 0 Å². The van der Waals surface area contributed by atoms with Crippen molar-refractivity contribution in [2.24, 2.45) is 5.92 Å². The van der Waals surface area contributed by atoms with Gasteiger partial charge in [0.1, 0.15) is 5.83 Å². The first-order chi connectivity index (χ1) is 4.74. The van der Waals surface area contributed by atoms with Crippen LogP contribution in [0.1, 0.15) is 26.7 Å². The minimum absolute atomic E-state index is 0.0885. The van der Waals surface area contributed by atoms with Crippen LogP contribution in [0, 0.1) is 5.92 Å². The lowest BCUT2D eigenvalue weighted by Gasteiger charge is -1.95. The second kappa shape index (κ2) is 3.00. The summed E-state index contributed by atoms with van der Waals surface area (Å²) in [6.07, 6.45) is 5.32. The van der Waals surface area contributed by atoms with Gasteiger partial charge in [-0.3, -0.25) is 0 Å².